The Morgan fingerprint density at radius 1 is 1.19 bits per heavy atom. The largest absolute Gasteiger partial charge is 0.429 e. The first-order valence-electron chi connectivity index (χ1n) is 6.74. The zero-order chi connectivity index (χ0) is 14.4. The Bertz CT molecular complexity index is 883. The lowest BCUT2D eigenvalue weighted by Crippen LogP contribution is -2.22. The molecule has 0 saturated carbocycles. The van der Waals surface area contributed by atoms with Crippen LogP contribution in [-0.2, 0) is 11.2 Å². The van der Waals surface area contributed by atoms with Crippen LogP contribution in [0, 0.1) is 4.84 Å². The molecule has 0 fully saturated rings. The second-order valence-electron chi connectivity index (χ2n) is 5.02. The number of fused-ring (bicyclic) bond motifs is 2. The smallest absolute Gasteiger partial charge is 0.272 e. The van der Waals surface area contributed by atoms with Gasteiger partial charge < -0.3 is 9.15 Å². The van der Waals surface area contributed by atoms with Gasteiger partial charge in [-0.3, -0.25) is 4.57 Å². The van der Waals surface area contributed by atoms with Crippen molar-refractivity contribution in [3.05, 3.63) is 63.5 Å². The van der Waals surface area contributed by atoms with E-state index in [4.69, 9.17) is 33.0 Å². The fourth-order valence-electron chi connectivity index (χ4n) is 2.82. The summed E-state index contributed by atoms with van der Waals surface area (Å²) < 4.78 is 13.5. The van der Waals surface area contributed by atoms with E-state index in [2.05, 4.69) is 12.1 Å². The molecule has 0 radical (unpaired) electrons. The van der Waals surface area contributed by atoms with Crippen LogP contribution in [0.5, 0.6) is 0 Å². The third-order valence-corrected chi connectivity index (χ3v) is 4.29. The van der Waals surface area contributed by atoms with Gasteiger partial charge in [-0.05, 0) is 42.4 Å². The van der Waals surface area contributed by atoms with Crippen molar-refractivity contribution >= 4 is 34.9 Å². The molecule has 5 heteroatoms. The molecule has 0 N–H and O–H groups in total. The number of aromatic nitrogens is 1. The molecule has 0 bridgehead atoms. The van der Waals surface area contributed by atoms with Crippen molar-refractivity contribution in [2.24, 2.45) is 0 Å². The van der Waals surface area contributed by atoms with Gasteiger partial charge >= 0.3 is 0 Å². The number of oxazole rings is 1. The predicted molar refractivity (Wildman–Crippen MR) is 84.3 cm³/mol. The van der Waals surface area contributed by atoms with Crippen LogP contribution >= 0.6 is 23.8 Å². The molecule has 0 unspecified atom stereocenters. The molecule has 2 aromatic carbocycles. The molecule has 1 atom stereocenters. The molecule has 0 saturated heterocycles. The lowest BCUT2D eigenvalue weighted by atomic mass is 10.0. The van der Waals surface area contributed by atoms with Crippen LogP contribution in [0.25, 0.3) is 11.1 Å². The van der Waals surface area contributed by atoms with E-state index in [-0.39, 0.29) is 6.23 Å². The molecular weight excluding hydrogens is 306 g/mol. The van der Waals surface area contributed by atoms with E-state index >= 15 is 0 Å². The summed E-state index contributed by atoms with van der Waals surface area (Å²) in [6.07, 6.45) is 0.651. The molecule has 1 aliphatic rings. The summed E-state index contributed by atoms with van der Waals surface area (Å²) in [4.78, 5) is 0.397. The molecule has 0 spiro atoms. The third kappa shape index (κ3) is 2.11. The number of benzene rings is 2. The molecule has 0 aliphatic carbocycles. The van der Waals surface area contributed by atoms with Crippen LogP contribution in [0.2, 0.25) is 5.02 Å². The molecule has 1 aliphatic heterocycles. The van der Waals surface area contributed by atoms with E-state index in [9.17, 15) is 0 Å². The van der Waals surface area contributed by atoms with E-state index in [1.807, 2.05) is 28.8 Å². The van der Waals surface area contributed by atoms with Crippen molar-refractivity contribution in [3.8, 4) is 0 Å². The Hall–Kier alpha value is -1.62. The van der Waals surface area contributed by atoms with E-state index < -0.39 is 0 Å². The number of hydrogen-bond acceptors (Lipinski definition) is 3. The first kappa shape index (κ1) is 13.1. The number of hydrogen-bond donors (Lipinski definition) is 0. The Balaban J connectivity index is 1.98. The fourth-order valence-corrected chi connectivity index (χ4v) is 3.27. The summed E-state index contributed by atoms with van der Waals surface area (Å²) in [5.41, 5.74) is 3.99. The molecule has 3 aromatic rings. The minimum atomic E-state index is -0.262. The van der Waals surface area contributed by atoms with Crippen molar-refractivity contribution in [1.82, 2.24) is 4.57 Å². The standard InChI is InChI=1S/C16H12ClNO2S/c17-11-5-6-14-13(9-11)18(16(21)20-14)15-12-4-2-1-3-10(12)7-8-19-15/h1-6,9,15H,7-8H2/t15-/m0/s1. The van der Waals surface area contributed by atoms with E-state index in [1.54, 1.807) is 6.07 Å². The number of halogens is 1. The zero-order valence-electron chi connectivity index (χ0n) is 11.1. The van der Waals surface area contributed by atoms with E-state index in [0.717, 1.165) is 23.1 Å². The van der Waals surface area contributed by atoms with Crippen LogP contribution in [-0.4, -0.2) is 11.2 Å². The van der Waals surface area contributed by atoms with Gasteiger partial charge in [0.25, 0.3) is 4.84 Å². The van der Waals surface area contributed by atoms with Gasteiger partial charge in [-0.2, -0.15) is 0 Å². The highest BCUT2D eigenvalue weighted by atomic mass is 35.5. The highest BCUT2D eigenvalue weighted by Gasteiger charge is 2.25. The summed E-state index contributed by atoms with van der Waals surface area (Å²) in [6, 6.07) is 13.7. The molecule has 2 heterocycles. The lowest BCUT2D eigenvalue weighted by molar-refractivity contribution is 0.0220. The Morgan fingerprint density at radius 3 is 2.95 bits per heavy atom. The first-order chi connectivity index (χ1) is 10.2. The topological polar surface area (TPSA) is 27.3 Å². The number of rotatable bonds is 1. The van der Waals surface area contributed by atoms with E-state index in [0.29, 0.717) is 16.5 Å². The second kappa shape index (κ2) is 4.98. The summed E-state index contributed by atoms with van der Waals surface area (Å²) in [6.45, 7) is 0.663. The number of nitrogens with zero attached hydrogens (tertiary/aromatic N) is 1. The molecule has 1 aromatic heterocycles. The summed E-state index contributed by atoms with van der Waals surface area (Å²) >= 11 is 11.5. The molecule has 3 nitrogen and oxygen atoms in total. The molecule has 4 rings (SSSR count). The van der Waals surface area contributed by atoms with Crippen molar-refractivity contribution in [2.75, 3.05) is 6.61 Å². The van der Waals surface area contributed by atoms with Gasteiger partial charge in [-0.15, -0.1) is 0 Å². The second-order valence-corrected chi connectivity index (χ2v) is 5.81. The van der Waals surface area contributed by atoms with Crippen LogP contribution in [0.4, 0.5) is 0 Å². The molecular formula is C16H12ClNO2S. The van der Waals surface area contributed by atoms with Gasteiger partial charge in [0.2, 0.25) is 0 Å². The maximum atomic E-state index is 6.11. The first-order valence-corrected chi connectivity index (χ1v) is 7.52. The summed E-state index contributed by atoms with van der Waals surface area (Å²) in [7, 11) is 0. The van der Waals surface area contributed by atoms with Crippen LogP contribution in [0.1, 0.15) is 17.4 Å². The van der Waals surface area contributed by atoms with Gasteiger partial charge in [-0.1, -0.05) is 35.9 Å². The van der Waals surface area contributed by atoms with Crippen molar-refractivity contribution in [1.29, 1.82) is 0 Å². The highest BCUT2D eigenvalue weighted by molar-refractivity contribution is 7.71. The van der Waals surface area contributed by atoms with Crippen LogP contribution < -0.4 is 0 Å². The normalized spacial score (nSPS) is 17.9. The Labute approximate surface area is 131 Å². The molecule has 21 heavy (non-hydrogen) atoms. The fraction of sp³-hybridized carbons (Fsp3) is 0.188. The van der Waals surface area contributed by atoms with Crippen LogP contribution in [0.3, 0.4) is 0 Å². The summed E-state index contributed by atoms with van der Waals surface area (Å²) in [5.74, 6) is 0. The van der Waals surface area contributed by atoms with Crippen LogP contribution in [0.15, 0.2) is 46.9 Å². The average molecular weight is 318 g/mol. The van der Waals surface area contributed by atoms with Gasteiger partial charge in [0.15, 0.2) is 11.8 Å². The maximum Gasteiger partial charge on any atom is 0.272 e. The van der Waals surface area contributed by atoms with Crippen molar-refractivity contribution in [2.45, 2.75) is 12.6 Å². The minimum Gasteiger partial charge on any atom is -0.429 e. The third-order valence-electron chi connectivity index (χ3n) is 3.78. The Morgan fingerprint density at radius 2 is 2.05 bits per heavy atom. The van der Waals surface area contributed by atoms with Crippen molar-refractivity contribution < 1.29 is 9.15 Å². The lowest BCUT2D eigenvalue weighted by Gasteiger charge is -2.27. The highest BCUT2D eigenvalue weighted by Crippen LogP contribution is 2.33. The zero-order valence-corrected chi connectivity index (χ0v) is 12.7. The maximum absolute atomic E-state index is 6.11. The molecule has 106 valence electrons. The van der Waals surface area contributed by atoms with Gasteiger partial charge in [0.1, 0.15) is 0 Å². The van der Waals surface area contributed by atoms with Gasteiger partial charge in [0.05, 0.1) is 12.1 Å². The van der Waals surface area contributed by atoms with Gasteiger partial charge in [-0.25, -0.2) is 0 Å². The predicted octanol–water partition coefficient (Wildman–Crippen LogP) is 4.74. The Kier molecular flexibility index (Phi) is 3.10. The van der Waals surface area contributed by atoms with Gasteiger partial charge in [0, 0.05) is 10.6 Å². The monoisotopic (exact) mass is 317 g/mol. The van der Waals surface area contributed by atoms with E-state index in [1.165, 1.54) is 5.56 Å². The molecule has 0 amide bonds. The minimum absolute atomic E-state index is 0.262. The quantitative estimate of drug-likeness (QED) is 0.607. The number of ether oxygens (including phenoxy) is 1. The SMILES string of the molecule is S=c1oc2ccc(Cl)cc2n1[C@H]1OCCc2ccccc21. The average Bonchev–Trinajstić information content (AvgIpc) is 2.82. The van der Waals surface area contributed by atoms with Crippen molar-refractivity contribution in [3.63, 3.8) is 0 Å². The summed E-state index contributed by atoms with van der Waals surface area (Å²) in [5, 5.41) is 0.649.